The molecule has 2 aromatic carbocycles. The van der Waals surface area contributed by atoms with Gasteiger partial charge in [0, 0.05) is 26.2 Å². The predicted octanol–water partition coefficient (Wildman–Crippen LogP) is 2.67. The van der Waals surface area contributed by atoms with Crippen LogP contribution in [0.4, 0.5) is 14.9 Å². The summed E-state index contributed by atoms with van der Waals surface area (Å²) in [4.78, 5) is 30.2. The number of nitrogens with zero attached hydrogens (tertiary/aromatic N) is 3. The third-order valence-electron chi connectivity index (χ3n) is 5.64. The molecule has 0 bridgehead atoms. The summed E-state index contributed by atoms with van der Waals surface area (Å²) in [6, 6.07) is 9.66. The molecule has 1 saturated heterocycles. The van der Waals surface area contributed by atoms with Crippen molar-refractivity contribution in [1.82, 2.24) is 9.80 Å². The van der Waals surface area contributed by atoms with Crippen molar-refractivity contribution in [1.29, 1.82) is 0 Å². The monoisotopic (exact) mass is 413 g/mol. The molecule has 0 N–H and O–H groups in total. The lowest BCUT2D eigenvalue weighted by molar-refractivity contribution is -0.132. The van der Waals surface area contributed by atoms with Crippen molar-refractivity contribution in [3.8, 4) is 11.5 Å². The minimum Gasteiger partial charge on any atom is -0.493 e. The van der Waals surface area contributed by atoms with Crippen LogP contribution >= 0.6 is 0 Å². The van der Waals surface area contributed by atoms with Crippen LogP contribution in [0, 0.1) is 5.82 Å². The molecule has 0 radical (unpaired) electrons. The average Bonchev–Trinajstić information content (AvgIpc) is 3.12. The van der Waals surface area contributed by atoms with E-state index in [1.54, 1.807) is 37.3 Å². The van der Waals surface area contributed by atoms with Crippen molar-refractivity contribution < 1.29 is 23.5 Å². The van der Waals surface area contributed by atoms with Gasteiger partial charge in [-0.3, -0.25) is 9.69 Å². The second-order valence-corrected chi connectivity index (χ2v) is 7.35. The summed E-state index contributed by atoms with van der Waals surface area (Å²) in [5.41, 5.74) is 2.37. The summed E-state index contributed by atoms with van der Waals surface area (Å²) >= 11 is 0. The summed E-state index contributed by atoms with van der Waals surface area (Å²) in [6.45, 7) is 1.74. The van der Waals surface area contributed by atoms with Crippen molar-refractivity contribution in [3.05, 3.63) is 53.3 Å². The van der Waals surface area contributed by atoms with Gasteiger partial charge < -0.3 is 19.3 Å². The fourth-order valence-electron chi connectivity index (χ4n) is 3.98. The van der Waals surface area contributed by atoms with E-state index in [0.29, 0.717) is 44.1 Å². The zero-order valence-electron chi connectivity index (χ0n) is 17.1. The number of hydrogen-bond donors (Lipinski definition) is 0. The van der Waals surface area contributed by atoms with E-state index in [0.717, 1.165) is 11.1 Å². The number of ether oxygens (including phenoxy) is 2. The van der Waals surface area contributed by atoms with Crippen LogP contribution in [0.5, 0.6) is 11.5 Å². The van der Waals surface area contributed by atoms with E-state index in [1.807, 2.05) is 12.1 Å². The zero-order chi connectivity index (χ0) is 21.3. The van der Waals surface area contributed by atoms with Crippen molar-refractivity contribution in [3.63, 3.8) is 0 Å². The Labute approximate surface area is 174 Å². The first-order valence-corrected chi connectivity index (χ1v) is 9.84. The number of amides is 3. The standard InChI is InChI=1S/C22H24FN3O4/c1-29-19-11-15-7-8-24(13-16(15)12-20(19)30-2)21(27)14-25-9-10-26(22(25)28)18-6-4-3-5-17(18)23/h3-6,11-12H,7-10,13-14H2,1-2H3. The Bertz CT molecular complexity index is 981. The molecule has 2 aliphatic heterocycles. The van der Waals surface area contributed by atoms with E-state index in [-0.39, 0.29) is 24.2 Å². The first-order chi connectivity index (χ1) is 14.5. The molecule has 1 fully saturated rings. The molecule has 8 heteroatoms. The first kappa shape index (κ1) is 20.0. The number of carbonyl (C=O) groups is 2. The van der Waals surface area contributed by atoms with Crippen molar-refractivity contribution in [2.45, 2.75) is 13.0 Å². The van der Waals surface area contributed by atoms with Crippen LogP contribution in [-0.2, 0) is 17.8 Å². The van der Waals surface area contributed by atoms with Crippen molar-refractivity contribution in [2.75, 3.05) is 45.3 Å². The van der Waals surface area contributed by atoms with Crippen LogP contribution in [0.3, 0.4) is 0 Å². The third kappa shape index (κ3) is 3.65. The Morgan fingerprint density at radius 1 is 1.03 bits per heavy atom. The third-order valence-corrected chi connectivity index (χ3v) is 5.64. The maximum absolute atomic E-state index is 14.0. The van der Waals surface area contributed by atoms with Crippen LogP contribution in [0.2, 0.25) is 0 Å². The summed E-state index contributed by atoms with van der Waals surface area (Å²) in [5.74, 6) is 0.725. The lowest BCUT2D eigenvalue weighted by Crippen LogP contribution is -2.44. The van der Waals surface area contributed by atoms with Crippen LogP contribution in [0.1, 0.15) is 11.1 Å². The van der Waals surface area contributed by atoms with Gasteiger partial charge in [-0.25, -0.2) is 9.18 Å². The lowest BCUT2D eigenvalue weighted by atomic mass is 9.98. The molecule has 3 amide bonds. The minimum atomic E-state index is -0.448. The summed E-state index contributed by atoms with van der Waals surface area (Å²) < 4.78 is 24.8. The van der Waals surface area contributed by atoms with Crippen LogP contribution in [0.25, 0.3) is 0 Å². The van der Waals surface area contributed by atoms with E-state index >= 15 is 0 Å². The van der Waals surface area contributed by atoms with Gasteiger partial charge >= 0.3 is 6.03 Å². The molecule has 0 saturated carbocycles. The Morgan fingerprint density at radius 3 is 2.43 bits per heavy atom. The quantitative estimate of drug-likeness (QED) is 0.756. The maximum atomic E-state index is 14.0. The molecule has 0 aromatic heterocycles. The minimum absolute atomic E-state index is 0.0214. The largest absolute Gasteiger partial charge is 0.493 e. The van der Waals surface area contributed by atoms with Gasteiger partial charge in [-0.1, -0.05) is 12.1 Å². The van der Waals surface area contributed by atoms with Gasteiger partial charge in [0.15, 0.2) is 11.5 Å². The number of hydrogen-bond acceptors (Lipinski definition) is 4. The van der Waals surface area contributed by atoms with Crippen LogP contribution < -0.4 is 14.4 Å². The maximum Gasteiger partial charge on any atom is 0.325 e. The van der Waals surface area contributed by atoms with Gasteiger partial charge in [-0.2, -0.15) is 0 Å². The molecule has 2 aliphatic rings. The molecular weight excluding hydrogens is 389 g/mol. The fraction of sp³-hybridized carbons (Fsp3) is 0.364. The highest BCUT2D eigenvalue weighted by atomic mass is 19.1. The SMILES string of the molecule is COc1cc2c(cc1OC)CN(C(=O)CN1CCN(c3ccccc3F)C1=O)CC2. The van der Waals surface area contributed by atoms with Gasteiger partial charge in [0.2, 0.25) is 5.91 Å². The number of para-hydroxylation sites is 1. The smallest absolute Gasteiger partial charge is 0.325 e. The highest BCUT2D eigenvalue weighted by Gasteiger charge is 2.33. The number of carbonyl (C=O) groups excluding carboxylic acids is 2. The molecule has 0 unspecified atom stereocenters. The van der Waals surface area contributed by atoms with Crippen LogP contribution in [-0.4, -0.2) is 62.1 Å². The van der Waals surface area contributed by atoms with Gasteiger partial charge in [-0.05, 0) is 41.8 Å². The summed E-state index contributed by atoms with van der Waals surface area (Å²) in [6.07, 6.45) is 0.705. The van der Waals surface area contributed by atoms with E-state index in [1.165, 1.54) is 15.9 Å². The number of halogens is 1. The van der Waals surface area contributed by atoms with Gasteiger partial charge in [0.25, 0.3) is 0 Å². The molecule has 2 aromatic rings. The number of methoxy groups -OCH3 is 2. The van der Waals surface area contributed by atoms with Crippen LogP contribution in [0.15, 0.2) is 36.4 Å². The van der Waals surface area contributed by atoms with E-state index in [9.17, 15) is 14.0 Å². The van der Waals surface area contributed by atoms with E-state index in [4.69, 9.17) is 9.47 Å². The van der Waals surface area contributed by atoms with Gasteiger partial charge in [0.1, 0.15) is 12.4 Å². The Morgan fingerprint density at radius 2 is 1.73 bits per heavy atom. The van der Waals surface area contributed by atoms with Gasteiger partial charge in [-0.15, -0.1) is 0 Å². The summed E-state index contributed by atoms with van der Waals surface area (Å²) in [5, 5.41) is 0. The number of urea groups is 1. The average molecular weight is 413 g/mol. The summed E-state index contributed by atoms with van der Waals surface area (Å²) in [7, 11) is 3.18. The number of rotatable bonds is 5. The number of benzene rings is 2. The fourth-order valence-corrected chi connectivity index (χ4v) is 3.98. The Hall–Kier alpha value is -3.29. The molecule has 7 nitrogen and oxygen atoms in total. The molecule has 2 heterocycles. The Kier molecular flexibility index (Phi) is 5.48. The van der Waals surface area contributed by atoms with Crippen molar-refractivity contribution in [2.24, 2.45) is 0 Å². The number of anilines is 1. The number of fused-ring (bicyclic) bond motifs is 1. The topological polar surface area (TPSA) is 62.3 Å². The van der Waals surface area contributed by atoms with Crippen molar-refractivity contribution >= 4 is 17.6 Å². The highest BCUT2D eigenvalue weighted by molar-refractivity contribution is 5.96. The molecule has 0 aliphatic carbocycles. The van der Waals surface area contributed by atoms with E-state index < -0.39 is 5.82 Å². The zero-order valence-corrected chi connectivity index (χ0v) is 17.1. The first-order valence-electron chi connectivity index (χ1n) is 9.84. The molecule has 0 spiro atoms. The molecule has 158 valence electrons. The Balaban J connectivity index is 1.43. The highest BCUT2D eigenvalue weighted by Crippen LogP contribution is 2.33. The molecule has 30 heavy (non-hydrogen) atoms. The predicted molar refractivity (Wildman–Crippen MR) is 109 cm³/mol. The lowest BCUT2D eigenvalue weighted by Gasteiger charge is -2.31. The second-order valence-electron chi connectivity index (χ2n) is 7.35. The molecule has 0 atom stereocenters. The normalized spacial score (nSPS) is 16.0. The van der Waals surface area contributed by atoms with Gasteiger partial charge in [0.05, 0.1) is 19.9 Å². The van der Waals surface area contributed by atoms with E-state index in [2.05, 4.69) is 0 Å². The molecular formula is C22H24FN3O4. The molecule has 4 rings (SSSR count). The second kappa shape index (κ2) is 8.22.